The summed E-state index contributed by atoms with van der Waals surface area (Å²) in [6.45, 7) is 6.13. The highest BCUT2D eigenvalue weighted by atomic mass is 14.7. The SMILES string of the molecule is CC(Cc1ccc(C)nc1)=Nc1ccc(C)cc1. The lowest BCUT2D eigenvalue weighted by Crippen LogP contribution is -1.98. The fourth-order valence-corrected chi connectivity index (χ4v) is 1.78. The van der Waals surface area contributed by atoms with Crippen LogP contribution in [0.4, 0.5) is 5.69 Å². The van der Waals surface area contributed by atoms with Crippen LogP contribution in [0.2, 0.25) is 0 Å². The second kappa shape index (κ2) is 5.58. The Balaban J connectivity index is 2.09. The van der Waals surface area contributed by atoms with Crippen LogP contribution in [-0.4, -0.2) is 10.7 Å². The average Bonchev–Trinajstić information content (AvgIpc) is 2.35. The minimum Gasteiger partial charge on any atom is -0.261 e. The normalized spacial score (nSPS) is 11.6. The van der Waals surface area contributed by atoms with Crippen LogP contribution in [0.25, 0.3) is 0 Å². The minimum atomic E-state index is 0.848. The molecule has 0 radical (unpaired) electrons. The van der Waals surface area contributed by atoms with Gasteiger partial charge in [0.05, 0.1) is 5.69 Å². The molecule has 1 heterocycles. The number of aromatic nitrogens is 1. The van der Waals surface area contributed by atoms with E-state index >= 15 is 0 Å². The molecule has 92 valence electrons. The molecule has 2 nitrogen and oxygen atoms in total. The maximum absolute atomic E-state index is 4.61. The molecular weight excluding hydrogens is 220 g/mol. The van der Waals surface area contributed by atoms with Crippen molar-refractivity contribution < 1.29 is 0 Å². The summed E-state index contributed by atoms with van der Waals surface area (Å²) in [6, 6.07) is 12.4. The zero-order chi connectivity index (χ0) is 13.0. The summed E-state index contributed by atoms with van der Waals surface area (Å²) in [7, 11) is 0. The van der Waals surface area contributed by atoms with Gasteiger partial charge in [-0.1, -0.05) is 23.8 Å². The highest BCUT2D eigenvalue weighted by Crippen LogP contribution is 2.13. The molecule has 1 aromatic carbocycles. The summed E-state index contributed by atoms with van der Waals surface area (Å²) in [5.41, 5.74) is 5.62. The van der Waals surface area contributed by atoms with Gasteiger partial charge in [-0.05, 0) is 44.5 Å². The number of hydrogen-bond donors (Lipinski definition) is 0. The maximum atomic E-state index is 4.61. The molecule has 2 rings (SSSR count). The summed E-state index contributed by atoms with van der Waals surface area (Å²) in [5, 5.41) is 0. The molecule has 0 atom stereocenters. The fourth-order valence-electron chi connectivity index (χ4n) is 1.78. The van der Waals surface area contributed by atoms with E-state index in [-0.39, 0.29) is 0 Å². The molecule has 0 spiro atoms. The van der Waals surface area contributed by atoms with E-state index in [1.807, 2.05) is 31.3 Å². The first kappa shape index (κ1) is 12.5. The van der Waals surface area contributed by atoms with E-state index in [1.54, 1.807) is 0 Å². The van der Waals surface area contributed by atoms with Crippen molar-refractivity contribution in [3.05, 3.63) is 59.4 Å². The van der Waals surface area contributed by atoms with Gasteiger partial charge in [0.25, 0.3) is 0 Å². The zero-order valence-corrected chi connectivity index (χ0v) is 11.1. The van der Waals surface area contributed by atoms with Crippen LogP contribution in [0.1, 0.15) is 23.7 Å². The third kappa shape index (κ3) is 3.52. The third-order valence-electron chi connectivity index (χ3n) is 2.79. The van der Waals surface area contributed by atoms with Gasteiger partial charge in [0.15, 0.2) is 0 Å². The molecule has 2 aromatic rings. The monoisotopic (exact) mass is 238 g/mol. The molecule has 0 aliphatic carbocycles. The molecule has 0 bridgehead atoms. The van der Waals surface area contributed by atoms with Crippen molar-refractivity contribution >= 4 is 11.4 Å². The van der Waals surface area contributed by atoms with Crippen LogP contribution >= 0.6 is 0 Å². The summed E-state index contributed by atoms with van der Waals surface area (Å²) in [6.07, 6.45) is 2.77. The van der Waals surface area contributed by atoms with E-state index in [9.17, 15) is 0 Å². The molecule has 0 amide bonds. The Morgan fingerprint density at radius 3 is 2.39 bits per heavy atom. The second-order valence-corrected chi connectivity index (χ2v) is 4.67. The first-order valence-electron chi connectivity index (χ1n) is 6.16. The number of benzene rings is 1. The van der Waals surface area contributed by atoms with Crippen LogP contribution in [-0.2, 0) is 6.42 Å². The van der Waals surface area contributed by atoms with Gasteiger partial charge in [-0.25, -0.2) is 0 Å². The Morgan fingerprint density at radius 2 is 1.78 bits per heavy atom. The first-order valence-corrected chi connectivity index (χ1v) is 6.16. The number of rotatable bonds is 3. The second-order valence-electron chi connectivity index (χ2n) is 4.67. The van der Waals surface area contributed by atoms with Crippen molar-refractivity contribution in [2.24, 2.45) is 4.99 Å². The van der Waals surface area contributed by atoms with Crippen LogP contribution in [0.5, 0.6) is 0 Å². The standard InChI is InChI=1S/C16H18N2/c1-12-4-8-16(9-5-12)18-14(3)10-15-7-6-13(2)17-11-15/h4-9,11H,10H2,1-3H3. The summed E-state index contributed by atoms with van der Waals surface area (Å²) < 4.78 is 0. The number of pyridine rings is 1. The molecule has 0 fully saturated rings. The molecule has 0 unspecified atom stereocenters. The Bertz CT molecular complexity index is 536. The lowest BCUT2D eigenvalue weighted by Gasteiger charge is -2.02. The molecule has 18 heavy (non-hydrogen) atoms. The van der Waals surface area contributed by atoms with Gasteiger partial charge in [-0.3, -0.25) is 9.98 Å². The van der Waals surface area contributed by atoms with E-state index in [0.717, 1.165) is 23.5 Å². The van der Waals surface area contributed by atoms with Gasteiger partial charge < -0.3 is 0 Å². The number of aryl methyl sites for hydroxylation is 2. The minimum absolute atomic E-state index is 0.848. The van der Waals surface area contributed by atoms with Gasteiger partial charge in [0.2, 0.25) is 0 Å². The summed E-state index contributed by atoms with van der Waals surface area (Å²) in [5.74, 6) is 0. The van der Waals surface area contributed by atoms with Crippen LogP contribution in [0.15, 0.2) is 47.6 Å². The van der Waals surface area contributed by atoms with E-state index < -0.39 is 0 Å². The molecular formula is C16H18N2. The first-order chi connectivity index (χ1) is 8.63. The highest BCUT2D eigenvalue weighted by Gasteiger charge is 1.97. The number of nitrogens with zero attached hydrogens (tertiary/aromatic N) is 2. The Labute approximate surface area is 108 Å². The van der Waals surface area contributed by atoms with Crippen LogP contribution < -0.4 is 0 Å². The number of hydrogen-bond acceptors (Lipinski definition) is 2. The molecule has 0 N–H and O–H groups in total. The predicted octanol–water partition coefficient (Wildman–Crippen LogP) is 4.03. The quantitative estimate of drug-likeness (QED) is 0.741. The molecule has 0 saturated heterocycles. The van der Waals surface area contributed by atoms with Gasteiger partial charge in [0.1, 0.15) is 0 Å². The topological polar surface area (TPSA) is 25.2 Å². The Morgan fingerprint density at radius 1 is 1.06 bits per heavy atom. The van der Waals surface area contributed by atoms with Crippen molar-refractivity contribution in [1.29, 1.82) is 0 Å². The largest absolute Gasteiger partial charge is 0.261 e. The van der Waals surface area contributed by atoms with Crippen molar-refractivity contribution in [2.45, 2.75) is 27.2 Å². The zero-order valence-electron chi connectivity index (χ0n) is 11.1. The fraction of sp³-hybridized carbons (Fsp3) is 0.250. The van der Waals surface area contributed by atoms with Crippen LogP contribution in [0, 0.1) is 13.8 Å². The van der Waals surface area contributed by atoms with E-state index in [2.05, 4.69) is 42.0 Å². The van der Waals surface area contributed by atoms with Crippen molar-refractivity contribution in [3.63, 3.8) is 0 Å². The lowest BCUT2D eigenvalue weighted by atomic mass is 10.1. The van der Waals surface area contributed by atoms with Crippen LogP contribution in [0.3, 0.4) is 0 Å². The van der Waals surface area contributed by atoms with Gasteiger partial charge in [-0.15, -0.1) is 0 Å². The van der Waals surface area contributed by atoms with Crippen molar-refractivity contribution in [1.82, 2.24) is 4.98 Å². The number of aliphatic imine (C=N–C) groups is 1. The van der Waals surface area contributed by atoms with Gasteiger partial charge in [-0.2, -0.15) is 0 Å². The summed E-state index contributed by atoms with van der Waals surface area (Å²) >= 11 is 0. The van der Waals surface area contributed by atoms with E-state index in [1.165, 1.54) is 11.1 Å². The van der Waals surface area contributed by atoms with Gasteiger partial charge in [0, 0.05) is 24.0 Å². The lowest BCUT2D eigenvalue weighted by molar-refractivity contribution is 1.14. The molecule has 0 aliphatic rings. The molecule has 2 heteroatoms. The highest BCUT2D eigenvalue weighted by molar-refractivity contribution is 5.86. The van der Waals surface area contributed by atoms with Crippen molar-refractivity contribution in [2.75, 3.05) is 0 Å². The third-order valence-corrected chi connectivity index (χ3v) is 2.79. The Hall–Kier alpha value is -1.96. The van der Waals surface area contributed by atoms with Gasteiger partial charge >= 0.3 is 0 Å². The maximum Gasteiger partial charge on any atom is 0.0629 e. The Kier molecular flexibility index (Phi) is 3.88. The molecule has 0 saturated carbocycles. The van der Waals surface area contributed by atoms with Crippen molar-refractivity contribution in [3.8, 4) is 0 Å². The predicted molar refractivity (Wildman–Crippen MR) is 76.6 cm³/mol. The molecule has 0 aliphatic heterocycles. The molecule has 1 aromatic heterocycles. The summed E-state index contributed by atoms with van der Waals surface area (Å²) in [4.78, 5) is 8.90. The van der Waals surface area contributed by atoms with E-state index in [4.69, 9.17) is 0 Å². The van der Waals surface area contributed by atoms with E-state index in [0.29, 0.717) is 0 Å². The smallest absolute Gasteiger partial charge is 0.0629 e. The average molecular weight is 238 g/mol.